The first-order valence-corrected chi connectivity index (χ1v) is 10.5. The molecule has 0 unspecified atom stereocenters. The van der Waals surface area contributed by atoms with Crippen molar-refractivity contribution < 1.29 is 23.8 Å². The van der Waals surface area contributed by atoms with Crippen molar-refractivity contribution in [3.63, 3.8) is 0 Å². The lowest BCUT2D eigenvalue weighted by Gasteiger charge is -2.43. The summed E-state index contributed by atoms with van der Waals surface area (Å²) < 4.78 is 16.7. The van der Waals surface area contributed by atoms with Crippen molar-refractivity contribution in [3.05, 3.63) is 59.4 Å². The molecule has 0 saturated carbocycles. The van der Waals surface area contributed by atoms with Crippen molar-refractivity contribution in [1.29, 1.82) is 0 Å². The van der Waals surface area contributed by atoms with Crippen LogP contribution in [0.2, 0.25) is 0 Å². The minimum Gasteiger partial charge on any atom is -0.454 e. The van der Waals surface area contributed by atoms with Crippen LogP contribution in [0.3, 0.4) is 0 Å². The van der Waals surface area contributed by atoms with Crippen molar-refractivity contribution in [3.8, 4) is 11.5 Å². The topological polar surface area (TPSA) is 72.1 Å². The van der Waals surface area contributed by atoms with Gasteiger partial charge in [-0.05, 0) is 55.7 Å². The van der Waals surface area contributed by atoms with E-state index >= 15 is 0 Å². The van der Waals surface area contributed by atoms with Gasteiger partial charge in [-0.15, -0.1) is 0 Å². The highest BCUT2D eigenvalue weighted by Crippen LogP contribution is 2.48. The van der Waals surface area contributed by atoms with Gasteiger partial charge in [0, 0.05) is 30.3 Å². The number of hydrogen-bond acceptors (Lipinski definition) is 5. The first-order valence-electron chi connectivity index (χ1n) is 10.5. The maximum atomic E-state index is 13.3. The molecule has 0 aliphatic carbocycles. The number of carbonyl (C=O) groups excluding carboxylic acids is 1. The lowest BCUT2D eigenvalue weighted by Crippen LogP contribution is -2.51. The van der Waals surface area contributed by atoms with Gasteiger partial charge in [0.1, 0.15) is 5.58 Å². The molecule has 154 valence electrons. The zero-order valence-corrected chi connectivity index (χ0v) is 16.8. The van der Waals surface area contributed by atoms with Gasteiger partial charge in [0.25, 0.3) is 5.91 Å². The summed E-state index contributed by atoms with van der Waals surface area (Å²) in [7, 11) is 0. The Morgan fingerprint density at radius 2 is 1.80 bits per heavy atom. The summed E-state index contributed by atoms with van der Waals surface area (Å²) in [6.07, 6.45) is 2.80. The first kappa shape index (κ1) is 17.8. The number of piperidine rings is 1. The number of hydrogen-bond donors (Lipinski definition) is 1. The van der Waals surface area contributed by atoms with Crippen LogP contribution in [-0.2, 0) is 5.60 Å². The number of aryl methyl sites for hydroxylation is 1. The molecule has 2 atom stereocenters. The third-order valence-electron chi connectivity index (χ3n) is 6.79. The highest BCUT2D eigenvalue weighted by atomic mass is 16.7. The van der Waals surface area contributed by atoms with E-state index in [0.717, 1.165) is 34.9 Å². The molecule has 2 bridgehead atoms. The Kier molecular flexibility index (Phi) is 3.72. The molecule has 3 aliphatic heterocycles. The quantitative estimate of drug-likeness (QED) is 0.694. The second-order valence-electron chi connectivity index (χ2n) is 8.76. The number of fused-ring (bicyclic) bond motifs is 4. The van der Waals surface area contributed by atoms with Crippen LogP contribution in [0.25, 0.3) is 11.0 Å². The van der Waals surface area contributed by atoms with Crippen molar-refractivity contribution in [2.75, 3.05) is 6.79 Å². The lowest BCUT2D eigenvalue weighted by molar-refractivity contribution is -0.0486. The molecule has 6 heteroatoms. The molecular weight excluding hydrogens is 382 g/mol. The fraction of sp³-hybridized carbons (Fsp3) is 0.375. The molecule has 6 nitrogen and oxygen atoms in total. The molecule has 0 radical (unpaired) electrons. The van der Waals surface area contributed by atoms with E-state index in [4.69, 9.17) is 13.9 Å². The number of ether oxygens (including phenoxy) is 2. The van der Waals surface area contributed by atoms with Crippen molar-refractivity contribution in [2.45, 2.75) is 50.3 Å². The SMILES string of the molecule is Cc1ccc2oc(C(=O)N3[C@@H]4CC[C@@H]3CC(O)(c3ccc5c(c3)OCO5)C4)cc2c1. The number of benzene rings is 2. The molecule has 2 fully saturated rings. The monoisotopic (exact) mass is 405 g/mol. The van der Waals surface area contributed by atoms with E-state index in [0.29, 0.717) is 30.1 Å². The van der Waals surface area contributed by atoms with Crippen LogP contribution in [0, 0.1) is 6.92 Å². The molecule has 2 saturated heterocycles. The maximum absolute atomic E-state index is 13.3. The lowest BCUT2D eigenvalue weighted by atomic mass is 9.80. The fourth-order valence-corrected chi connectivity index (χ4v) is 5.37. The fourth-order valence-electron chi connectivity index (χ4n) is 5.37. The molecule has 1 amide bonds. The standard InChI is InChI=1S/C24H23NO5/c1-14-2-6-19-15(8-14)9-22(30-19)23(26)25-17-4-5-18(25)12-24(27,11-17)16-3-7-20-21(10-16)29-13-28-20/h2-3,6-10,17-18,27H,4-5,11-13H2,1H3/t17-,18-/m1/s1. The average Bonchev–Trinajstić information content (AvgIpc) is 3.43. The maximum Gasteiger partial charge on any atom is 0.290 e. The summed E-state index contributed by atoms with van der Waals surface area (Å²) >= 11 is 0. The van der Waals surface area contributed by atoms with Gasteiger partial charge >= 0.3 is 0 Å². The molecule has 3 aliphatic rings. The summed E-state index contributed by atoms with van der Waals surface area (Å²) in [4.78, 5) is 15.3. The van der Waals surface area contributed by atoms with E-state index < -0.39 is 5.60 Å². The Hall–Kier alpha value is -2.99. The second kappa shape index (κ2) is 6.25. The number of amides is 1. The van der Waals surface area contributed by atoms with Crippen LogP contribution in [0.4, 0.5) is 0 Å². The molecule has 4 heterocycles. The highest BCUT2D eigenvalue weighted by Gasteiger charge is 2.50. The number of aliphatic hydroxyl groups is 1. The summed E-state index contributed by atoms with van der Waals surface area (Å²) in [5, 5.41) is 12.5. The zero-order valence-electron chi connectivity index (χ0n) is 16.8. The van der Waals surface area contributed by atoms with E-state index in [2.05, 4.69) is 0 Å². The van der Waals surface area contributed by atoms with E-state index in [1.807, 2.05) is 54.3 Å². The first-order chi connectivity index (χ1) is 14.5. The molecule has 1 aromatic heterocycles. The third kappa shape index (κ3) is 2.63. The molecule has 1 N–H and O–H groups in total. The summed E-state index contributed by atoms with van der Waals surface area (Å²) in [6, 6.07) is 13.4. The molecular formula is C24H23NO5. The number of carbonyl (C=O) groups is 1. The van der Waals surface area contributed by atoms with Gasteiger partial charge in [-0.2, -0.15) is 0 Å². The van der Waals surface area contributed by atoms with Gasteiger partial charge in [0.15, 0.2) is 17.3 Å². The predicted molar refractivity (Wildman–Crippen MR) is 110 cm³/mol. The number of rotatable bonds is 2. The summed E-state index contributed by atoms with van der Waals surface area (Å²) in [6.45, 7) is 2.23. The summed E-state index contributed by atoms with van der Waals surface area (Å²) in [5.41, 5.74) is 1.71. The molecule has 0 spiro atoms. The van der Waals surface area contributed by atoms with Crippen molar-refractivity contribution in [1.82, 2.24) is 4.90 Å². The molecule has 30 heavy (non-hydrogen) atoms. The highest BCUT2D eigenvalue weighted by molar-refractivity contribution is 5.96. The van der Waals surface area contributed by atoms with Gasteiger partial charge in [-0.3, -0.25) is 4.79 Å². The average molecular weight is 405 g/mol. The molecule has 6 rings (SSSR count). The summed E-state index contributed by atoms with van der Waals surface area (Å²) in [5.74, 6) is 1.67. The number of nitrogens with zero attached hydrogens (tertiary/aromatic N) is 1. The van der Waals surface area contributed by atoms with Crippen LogP contribution >= 0.6 is 0 Å². The number of furan rings is 1. The normalized spacial score (nSPS) is 27.1. The van der Waals surface area contributed by atoms with Gasteiger partial charge in [-0.1, -0.05) is 17.7 Å². The third-order valence-corrected chi connectivity index (χ3v) is 6.79. The minimum atomic E-state index is -0.978. The predicted octanol–water partition coefficient (Wildman–Crippen LogP) is 4.12. The van der Waals surface area contributed by atoms with E-state index in [1.165, 1.54) is 0 Å². The van der Waals surface area contributed by atoms with Gasteiger partial charge in [-0.25, -0.2) is 0 Å². The van der Waals surface area contributed by atoms with E-state index in [1.54, 1.807) is 0 Å². The Bertz CT molecular complexity index is 1150. The Morgan fingerprint density at radius 1 is 1.03 bits per heavy atom. The van der Waals surface area contributed by atoms with Crippen molar-refractivity contribution in [2.24, 2.45) is 0 Å². The Balaban J connectivity index is 1.29. The largest absolute Gasteiger partial charge is 0.454 e. The van der Waals surface area contributed by atoms with Gasteiger partial charge in [0.2, 0.25) is 6.79 Å². The van der Waals surface area contributed by atoms with Crippen LogP contribution in [-0.4, -0.2) is 34.8 Å². The second-order valence-corrected chi connectivity index (χ2v) is 8.76. The Labute approximate surface area is 174 Å². The molecule has 3 aromatic rings. The zero-order chi connectivity index (χ0) is 20.5. The minimum absolute atomic E-state index is 0.0124. The van der Waals surface area contributed by atoms with Crippen LogP contribution in [0.1, 0.15) is 47.4 Å². The smallest absolute Gasteiger partial charge is 0.290 e. The van der Waals surface area contributed by atoms with Gasteiger partial charge < -0.3 is 23.9 Å². The van der Waals surface area contributed by atoms with E-state index in [9.17, 15) is 9.90 Å². The van der Waals surface area contributed by atoms with Crippen LogP contribution in [0.15, 0.2) is 46.9 Å². The van der Waals surface area contributed by atoms with Crippen LogP contribution in [0.5, 0.6) is 11.5 Å². The van der Waals surface area contributed by atoms with Crippen LogP contribution < -0.4 is 9.47 Å². The van der Waals surface area contributed by atoms with E-state index in [-0.39, 0.29) is 24.8 Å². The van der Waals surface area contributed by atoms with Gasteiger partial charge in [0.05, 0.1) is 5.60 Å². The Morgan fingerprint density at radius 3 is 2.60 bits per heavy atom. The van der Waals surface area contributed by atoms with Crippen molar-refractivity contribution >= 4 is 16.9 Å². The molecule has 2 aromatic carbocycles.